The van der Waals surface area contributed by atoms with Crippen molar-refractivity contribution in [3.8, 4) is 6.07 Å². The van der Waals surface area contributed by atoms with Crippen LogP contribution >= 0.6 is 15.9 Å². The average molecular weight is 371 g/mol. The summed E-state index contributed by atoms with van der Waals surface area (Å²) >= 11 is 3.42. The molecule has 0 bridgehead atoms. The van der Waals surface area contributed by atoms with Gasteiger partial charge in [0.15, 0.2) is 0 Å². The highest BCUT2D eigenvalue weighted by Gasteiger charge is 2.17. The van der Waals surface area contributed by atoms with Gasteiger partial charge in [-0.3, -0.25) is 14.8 Å². The molecule has 5 heteroatoms. The molecular formula is C18H19BrN4. The summed E-state index contributed by atoms with van der Waals surface area (Å²) in [4.78, 5) is 9.33. The molecular weight excluding hydrogens is 352 g/mol. The van der Waals surface area contributed by atoms with Crippen molar-refractivity contribution < 1.29 is 0 Å². The zero-order valence-corrected chi connectivity index (χ0v) is 14.5. The second kappa shape index (κ2) is 7.69. The molecule has 0 spiro atoms. The van der Waals surface area contributed by atoms with E-state index < -0.39 is 0 Å². The Morgan fingerprint density at radius 1 is 1.04 bits per heavy atom. The van der Waals surface area contributed by atoms with Crippen molar-refractivity contribution in [2.24, 2.45) is 0 Å². The molecule has 2 heterocycles. The van der Waals surface area contributed by atoms with Gasteiger partial charge in [-0.25, -0.2) is 0 Å². The lowest BCUT2D eigenvalue weighted by Gasteiger charge is -2.34. The van der Waals surface area contributed by atoms with Crippen molar-refractivity contribution in [3.63, 3.8) is 0 Å². The molecule has 0 unspecified atom stereocenters. The van der Waals surface area contributed by atoms with Crippen LogP contribution in [0.5, 0.6) is 0 Å². The minimum atomic E-state index is 0.738. The third-order valence-corrected chi connectivity index (χ3v) is 4.57. The molecule has 0 aliphatic carbocycles. The quantitative estimate of drug-likeness (QED) is 0.829. The summed E-state index contributed by atoms with van der Waals surface area (Å²) in [6.45, 7) is 6.02. The van der Waals surface area contributed by atoms with Crippen LogP contribution in [-0.2, 0) is 13.1 Å². The molecule has 3 rings (SSSR count). The van der Waals surface area contributed by atoms with Crippen molar-refractivity contribution in [2.75, 3.05) is 26.2 Å². The van der Waals surface area contributed by atoms with E-state index in [-0.39, 0.29) is 0 Å². The van der Waals surface area contributed by atoms with E-state index in [9.17, 15) is 0 Å². The van der Waals surface area contributed by atoms with Crippen LogP contribution < -0.4 is 0 Å². The Morgan fingerprint density at radius 2 is 1.78 bits per heavy atom. The van der Waals surface area contributed by atoms with Crippen LogP contribution in [0.4, 0.5) is 0 Å². The maximum atomic E-state index is 8.98. The van der Waals surface area contributed by atoms with Crippen LogP contribution in [0.3, 0.4) is 0 Å². The van der Waals surface area contributed by atoms with E-state index in [1.807, 2.05) is 30.5 Å². The molecule has 23 heavy (non-hydrogen) atoms. The first-order valence-corrected chi connectivity index (χ1v) is 8.56. The lowest BCUT2D eigenvalue weighted by molar-refractivity contribution is 0.121. The zero-order valence-electron chi connectivity index (χ0n) is 13.0. The minimum absolute atomic E-state index is 0.738. The molecule has 1 aliphatic heterocycles. The number of halogens is 1. The summed E-state index contributed by atoms with van der Waals surface area (Å²) in [7, 11) is 0. The van der Waals surface area contributed by atoms with Crippen molar-refractivity contribution in [1.82, 2.24) is 14.8 Å². The largest absolute Gasteiger partial charge is 0.297 e. The molecule has 4 nitrogen and oxygen atoms in total. The summed E-state index contributed by atoms with van der Waals surface area (Å²) in [5.74, 6) is 0. The molecule has 1 saturated heterocycles. The number of pyridine rings is 1. The predicted molar refractivity (Wildman–Crippen MR) is 93.6 cm³/mol. The Balaban J connectivity index is 1.50. The number of rotatable bonds is 4. The Kier molecular flexibility index (Phi) is 5.39. The fourth-order valence-electron chi connectivity index (χ4n) is 2.83. The smallest absolute Gasteiger partial charge is 0.0991 e. The van der Waals surface area contributed by atoms with Gasteiger partial charge in [0.2, 0.25) is 0 Å². The monoisotopic (exact) mass is 370 g/mol. The first kappa shape index (κ1) is 16.1. The highest BCUT2D eigenvalue weighted by molar-refractivity contribution is 9.10. The lowest BCUT2D eigenvalue weighted by atomic mass is 10.1. The Labute approximate surface area is 145 Å². The molecule has 1 fully saturated rings. The van der Waals surface area contributed by atoms with Crippen molar-refractivity contribution in [1.29, 1.82) is 5.26 Å². The lowest BCUT2D eigenvalue weighted by Crippen LogP contribution is -2.45. The normalized spacial score (nSPS) is 16.2. The van der Waals surface area contributed by atoms with Gasteiger partial charge in [0.05, 0.1) is 17.3 Å². The van der Waals surface area contributed by atoms with E-state index >= 15 is 0 Å². The molecule has 0 amide bonds. The van der Waals surface area contributed by atoms with E-state index in [4.69, 9.17) is 5.26 Å². The first-order valence-electron chi connectivity index (χ1n) is 7.77. The van der Waals surface area contributed by atoms with Gasteiger partial charge in [-0.2, -0.15) is 5.26 Å². The second-order valence-electron chi connectivity index (χ2n) is 5.83. The molecule has 1 aromatic heterocycles. The van der Waals surface area contributed by atoms with E-state index in [1.165, 1.54) is 5.56 Å². The van der Waals surface area contributed by atoms with Crippen LogP contribution in [0.1, 0.15) is 16.8 Å². The van der Waals surface area contributed by atoms with Gasteiger partial charge in [0.1, 0.15) is 0 Å². The van der Waals surface area contributed by atoms with Crippen molar-refractivity contribution in [3.05, 3.63) is 63.9 Å². The van der Waals surface area contributed by atoms with Crippen LogP contribution in [0.15, 0.2) is 47.1 Å². The van der Waals surface area contributed by atoms with E-state index in [0.717, 1.165) is 55.0 Å². The fourth-order valence-corrected chi connectivity index (χ4v) is 3.07. The van der Waals surface area contributed by atoms with Gasteiger partial charge in [0.25, 0.3) is 0 Å². The van der Waals surface area contributed by atoms with Crippen LogP contribution in [0.2, 0.25) is 0 Å². The van der Waals surface area contributed by atoms with E-state index in [1.54, 1.807) is 0 Å². The highest BCUT2D eigenvalue weighted by Crippen LogP contribution is 2.13. The number of nitriles is 1. The van der Waals surface area contributed by atoms with E-state index in [0.29, 0.717) is 0 Å². The summed E-state index contributed by atoms with van der Waals surface area (Å²) in [6.07, 6.45) is 1.85. The molecule has 0 N–H and O–H groups in total. The minimum Gasteiger partial charge on any atom is -0.297 e. The van der Waals surface area contributed by atoms with Crippen LogP contribution in [-0.4, -0.2) is 41.0 Å². The Bertz CT molecular complexity index is 685. The Morgan fingerprint density at radius 3 is 2.43 bits per heavy atom. The van der Waals surface area contributed by atoms with Gasteiger partial charge in [-0.1, -0.05) is 12.1 Å². The Hall–Kier alpha value is -1.74. The van der Waals surface area contributed by atoms with Gasteiger partial charge < -0.3 is 0 Å². The van der Waals surface area contributed by atoms with Crippen LogP contribution in [0, 0.1) is 11.3 Å². The standard InChI is InChI=1S/C18H19BrN4/c19-17-4-5-18(21-12-17)14-23-8-6-22(7-9-23)13-16-3-1-2-15(10-16)11-20/h1-5,10,12H,6-9,13-14H2. The molecule has 118 valence electrons. The second-order valence-corrected chi connectivity index (χ2v) is 6.75. The molecule has 0 atom stereocenters. The van der Waals surface area contributed by atoms with Gasteiger partial charge in [0, 0.05) is 49.9 Å². The maximum Gasteiger partial charge on any atom is 0.0991 e. The number of hydrogen-bond donors (Lipinski definition) is 0. The molecule has 1 aromatic carbocycles. The summed E-state index contributed by atoms with van der Waals surface area (Å²) in [6, 6.07) is 14.2. The summed E-state index contributed by atoms with van der Waals surface area (Å²) in [5.41, 5.74) is 3.07. The van der Waals surface area contributed by atoms with Gasteiger partial charge in [-0.15, -0.1) is 0 Å². The molecule has 0 radical (unpaired) electrons. The molecule has 1 aliphatic rings. The van der Waals surface area contributed by atoms with Gasteiger partial charge in [-0.05, 0) is 45.8 Å². The number of aromatic nitrogens is 1. The fraction of sp³-hybridized carbons (Fsp3) is 0.333. The number of benzene rings is 1. The maximum absolute atomic E-state index is 8.98. The number of nitrogens with zero attached hydrogens (tertiary/aromatic N) is 4. The molecule has 0 saturated carbocycles. The van der Waals surface area contributed by atoms with Gasteiger partial charge >= 0.3 is 0 Å². The average Bonchev–Trinajstić information content (AvgIpc) is 2.59. The number of hydrogen-bond acceptors (Lipinski definition) is 4. The zero-order chi connectivity index (χ0) is 16.1. The number of piperazine rings is 1. The molecule has 2 aromatic rings. The summed E-state index contributed by atoms with van der Waals surface area (Å²) in [5, 5.41) is 8.98. The van der Waals surface area contributed by atoms with E-state index in [2.05, 4.69) is 48.9 Å². The van der Waals surface area contributed by atoms with Crippen molar-refractivity contribution >= 4 is 15.9 Å². The van der Waals surface area contributed by atoms with Crippen molar-refractivity contribution in [2.45, 2.75) is 13.1 Å². The third-order valence-electron chi connectivity index (χ3n) is 4.10. The first-order chi connectivity index (χ1) is 11.2. The highest BCUT2D eigenvalue weighted by atomic mass is 79.9. The van der Waals surface area contributed by atoms with Crippen LogP contribution in [0.25, 0.3) is 0 Å². The predicted octanol–water partition coefficient (Wildman–Crippen LogP) is 3.03. The summed E-state index contributed by atoms with van der Waals surface area (Å²) < 4.78 is 1.02. The SMILES string of the molecule is N#Cc1cccc(CN2CCN(Cc3ccc(Br)cn3)CC2)c1. The third kappa shape index (κ3) is 4.61. The topological polar surface area (TPSA) is 43.2 Å².